The standard InChI is InChI=1S/C16H22N4O/c1-3-7-11(4-2)18-16(21)13-10-15(20-17)19-14-9-6-5-8-12(13)14/h5-6,8-11H,3-4,7,17H2,1-2H3,(H,18,21)(H,19,20). The Balaban J connectivity index is 2.37. The van der Waals surface area contributed by atoms with Gasteiger partial charge in [0.2, 0.25) is 0 Å². The van der Waals surface area contributed by atoms with Gasteiger partial charge in [-0.2, -0.15) is 0 Å². The van der Waals surface area contributed by atoms with E-state index >= 15 is 0 Å². The van der Waals surface area contributed by atoms with Gasteiger partial charge < -0.3 is 10.7 Å². The molecule has 5 heteroatoms. The third kappa shape index (κ3) is 3.49. The number of benzene rings is 1. The van der Waals surface area contributed by atoms with Gasteiger partial charge in [-0.3, -0.25) is 4.79 Å². The summed E-state index contributed by atoms with van der Waals surface area (Å²) in [4.78, 5) is 16.9. The largest absolute Gasteiger partial charge is 0.349 e. The first-order valence-corrected chi connectivity index (χ1v) is 7.36. The fourth-order valence-electron chi connectivity index (χ4n) is 2.43. The zero-order valence-corrected chi connectivity index (χ0v) is 12.5. The van der Waals surface area contributed by atoms with Crippen LogP contribution < -0.4 is 16.6 Å². The van der Waals surface area contributed by atoms with Crippen LogP contribution in [-0.2, 0) is 0 Å². The van der Waals surface area contributed by atoms with E-state index in [2.05, 4.69) is 29.6 Å². The first kappa shape index (κ1) is 15.3. The van der Waals surface area contributed by atoms with Gasteiger partial charge in [0.15, 0.2) is 0 Å². The normalized spacial score (nSPS) is 12.1. The van der Waals surface area contributed by atoms with Gasteiger partial charge >= 0.3 is 0 Å². The van der Waals surface area contributed by atoms with E-state index in [-0.39, 0.29) is 11.9 Å². The minimum absolute atomic E-state index is 0.0783. The van der Waals surface area contributed by atoms with Gasteiger partial charge in [0.25, 0.3) is 5.91 Å². The van der Waals surface area contributed by atoms with E-state index in [0.717, 1.165) is 30.2 Å². The number of nitrogens with one attached hydrogen (secondary N) is 2. The Bertz CT molecular complexity index is 627. The van der Waals surface area contributed by atoms with Crippen molar-refractivity contribution in [1.29, 1.82) is 0 Å². The predicted molar refractivity (Wildman–Crippen MR) is 86.0 cm³/mol. The Morgan fingerprint density at radius 3 is 2.76 bits per heavy atom. The number of nitrogens with zero attached hydrogens (tertiary/aromatic N) is 1. The molecule has 1 heterocycles. The summed E-state index contributed by atoms with van der Waals surface area (Å²) in [7, 11) is 0. The molecule has 2 aromatic rings. The van der Waals surface area contributed by atoms with Crippen molar-refractivity contribution in [2.45, 2.75) is 39.2 Å². The summed E-state index contributed by atoms with van der Waals surface area (Å²) in [5, 5.41) is 3.93. The number of hydrazine groups is 1. The number of hydrogen-bond donors (Lipinski definition) is 3. The highest BCUT2D eigenvalue weighted by Crippen LogP contribution is 2.20. The van der Waals surface area contributed by atoms with Crippen LogP contribution in [0.1, 0.15) is 43.5 Å². The number of carbonyl (C=O) groups excluding carboxylic acids is 1. The Morgan fingerprint density at radius 1 is 1.33 bits per heavy atom. The zero-order valence-electron chi connectivity index (χ0n) is 12.5. The van der Waals surface area contributed by atoms with Crippen molar-refractivity contribution < 1.29 is 4.79 Å². The Morgan fingerprint density at radius 2 is 2.10 bits per heavy atom. The summed E-state index contributed by atoms with van der Waals surface area (Å²) < 4.78 is 0. The van der Waals surface area contributed by atoms with E-state index in [1.807, 2.05) is 24.3 Å². The summed E-state index contributed by atoms with van der Waals surface area (Å²) in [6, 6.07) is 9.46. The highest BCUT2D eigenvalue weighted by atomic mass is 16.1. The molecular formula is C16H22N4O. The molecule has 112 valence electrons. The zero-order chi connectivity index (χ0) is 15.2. The summed E-state index contributed by atoms with van der Waals surface area (Å²) in [5.41, 5.74) is 3.87. The monoisotopic (exact) mass is 286 g/mol. The number of pyridine rings is 1. The van der Waals surface area contributed by atoms with Gasteiger partial charge in [-0.1, -0.05) is 38.5 Å². The van der Waals surface area contributed by atoms with Crippen LogP contribution in [0.3, 0.4) is 0 Å². The Labute approximate surface area is 124 Å². The first-order chi connectivity index (χ1) is 10.2. The molecule has 1 atom stereocenters. The maximum Gasteiger partial charge on any atom is 0.252 e. The quantitative estimate of drug-likeness (QED) is 0.563. The number of nitrogen functional groups attached to an aromatic ring is 1. The smallest absolute Gasteiger partial charge is 0.252 e. The predicted octanol–water partition coefficient (Wildman–Crippen LogP) is 2.83. The first-order valence-electron chi connectivity index (χ1n) is 7.36. The van der Waals surface area contributed by atoms with E-state index in [4.69, 9.17) is 5.84 Å². The molecule has 0 saturated carbocycles. The Kier molecular flexibility index (Phi) is 5.11. The minimum Gasteiger partial charge on any atom is -0.349 e. The molecule has 0 radical (unpaired) electrons. The van der Waals surface area contributed by atoms with Crippen LogP contribution in [0, 0.1) is 0 Å². The van der Waals surface area contributed by atoms with Crippen LogP contribution in [0.15, 0.2) is 30.3 Å². The average molecular weight is 286 g/mol. The number of rotatable bonds is 6. The molecule has 0 spiro atoms. The van der Waals surface area contributed by atoms with Gasteiger partial charge in [0.1, 0.15) is 5.82 Å². The average Bonchev–Trinajstić information content (AvgIpc) is 2.53. The molecule has 0 bridgehead atoms. The van der Waals surface area contributed by atoms with Gasteiger partial charge in [0, 0.05) is 11.4 Å². The highest BCUT2D eigenvalue weighted by molar-refractivity contribution is 6.07. The minimum atomic E-state index is -0.0783. The molecule has 0 aliphatic heterocycles. The lowest BCUT2D eigenvalue weighted by Gasteiger charge is -2.17. The van der Waals surface area contributed by atoms with Crippen LogP contribution in [0.4, 0.5) is 5.82 Å². The maximum atomic E-state index is 12.6. The van der Waals surface area contributed by atoms with Crippen molar-refractivity contribution in [2.24, 2.45) is 5.84 Å². The number of para-hydroxylation sites is 1. The lowest BCUT2D eigenvalue weighted by atomic mass is 10.1. The summed E-state index contributed by atoms with van der Waals surface area (Å²) in [5.74, 6) is 5.85. The second-order valence-electron chi connectivity index (χ2n) is 5.08. The molecule has 1 aromatic heterocycles. The highest BCUT2D eigenvalue weighted by Gasteiger charge is 2.15. The molecular weight excluding hydrogens is 264 g/mol. The van der Waals surface area contributed by atoms with E-state index in [9.17, 15) is 4.79 Å². The number of amides is 1. The summed E-state index contributed by atoms with van der Waals surface area (Å²) >= 11 is 0. The van der Waals surface area contributed by atoms with Crippen LogP contribution in [-0.4, -0.2) is 16.9 Å². The van der Waals surface area contributed by atoms with Crippen molar-refractivity contribution in [3.8, 4) is 0 Å². The molecule has 1 aromatic carbocycles. The molecule has 5 nitrogen and oxygen atoms in total. The van der Waals surface area contributed by atoms with Crippen molar-refractivity contribution in [2.75, 3.05) is 5.43 Å². The van der Waals surface area contributed by atoms with Crippen LogP contribution in [0.5, 0.6) is 0 Å². The lowest BCUT2D eigenvalue weighted by Crippen LogP contribution is -2.34. The number of anilines is 1. The van der Waals surface area contributed by atoms with Crippen molar-refractivity contribution in [3.63, 3.8) is 0 Å². The van der Waals surface area contributed by atoms with E-state index in [1.54, 1.807) is 6.07 Å². The lowest BCUT2D eigenvalue weighted by molar-refractivity contribution is 0.0935. The molecule has 0 aliphatic rings. The number of fused-ring (bicyclic) bond motifs is 1. The van der Waals surface area contributed by atoms with Crippen LogP contribution in [0.2, 0.25) is 0 Å². The maximum absolute atomic E-state index is 12.6. The fourth-order valence-corrected chi connectivity index (χ4v) is 2.43. The number of hydrogen-bond acceptors (Lipinski definition) is 4. The second-order valence-corrected chi connectivity index (χ2v) is 5.08. The van der Waals surface area contributed by atoms with E-state index in [0.29, 0.717) is 11.4 Å². The second kappa shape index (κ2) is 7.04. The number of aromatic nitrogens is 1. The van der Waals surface area contributed by atoms with Gasteiger partial charge in [-0.05, 0) is 25.0 Å². The van der Waals surface area contributed by atoms with Crippen molar-refractivity contribution in [3.05, 3.63) is 35.9 Å². The number of carbonyl (C=O) groups is 1. The molecule has 1 amide bonds. The topological polar surface area (TPSA) is 80.0 Å². The summed E-state index contributed by atoms with van der Waals surface area (Å²) in [6.45, 7) is 4.20. The third-order valence-electron chi connectivity index (χ3n) is 3.57. The van der Waals surface area contributed by atoms with Crippen molar-refractivity contribution >= 4 is 22.6 Å². The summed E-state index contributed by atoms with van der Waals surface area (Å²) in [6.07, 6.45) is 2.95. The molecule has 0 aliphatic carbocycles. The molecule has 0 saturated heterocycles. The number of nitrogens with two attached hydrogens (primary N) is 1. The van der Waals surface area contributed by atoms with E-state index in [1.165, 1.54) is 0 Å². The molecule has 4 N–H and O–H groups in total. The SMILES string of the molecule is CCCC(CC)NC(=O)c1cc(NN)nc2ccccc12. The molecule has 0 fully saturated rings. The van der Waals surface area contributed by atoms with Crippen LogP contribution in [0.25, 0.3) is 10.9 Å². The van der Waals surface area contributed by atoms with Gasteiger partial charge in [0.05, 0.1) is 11.1 Å². The molecule has 2 rings (SSSR count). The van der Waals surface area contributed by atoms with Gasteiger partial charge in [-0.25, -0.2) is 10.8 Å². The van der Waals surface area contributed by atoms with Gasteiger partial charge in [-0.15, -0.1) is 0 Å². The third-order valence-corrected chi connectivity index (χ3v) is 3.57. The molecule has 21 heavy (non-hydrogen) atoms. The fraction of sp³-hybridized carbons (Fsp3) is 0.375. The Hall–Kier alpha value is -2.14. The van der Waals surface area contributed by atoms with Crippen LogP contribution >= 0.6 is 0 Å². The molecule has 1 unspecified atom stereocenters. The van der Waals surface area contributed by atoms with Crippen molar-refractivity contribution in [1.82, 2.24) is 10.3 Å². The van der Waals surface area contributed by atoms with E-state index < -0.39 is 0 Å².